The van der Waals surface area contributed by atoms with Crippen molar-refractivity contribution < 1.29 is 29.0 Å². The van der Waals surface area contributed by atoms with Gasteiger partial charge in [-0.1, -0.05) is 48.5 Å². The second-order valence-corrected chi connectivity index (χ2v) is 7.55. The van der Waals surface area contributed by atoms with Crippen molar-refractivity contribution >= 4 is 18.0 Å². The standard InChI is InChI=1S/C24H28N2O6/c1-31-21(23(29)25-13-6-11-22(27)28)12-14-26-24(30)32-15-20-18-9-4-2-7-16(18)17-8-3-5-10-19(17)20/h2-5,7-10,20-21H,6,11-15H2,1H3,(H,25,29)(H,26,30)(H,27,28). The molecule has 0 bridgehead atoms. The molecule has 1 atom stereocenters. The SMILES string of the molecule is COC(CCNC(=O)OCC1c2ccccc2-c2ccccc21)C(=O)NCCCC(=O)O. The van der Waals surface area contributed by atoms with E-state index in [1.807, 2.05) is 24.3 Å². The van der Waals surface area contributed by atoms with E-state index in [2.05, 4.69) is 34.9 Å². The number of fused-ring (bicyclic) bond motifs is 3. The summed E-state index contributed by atoms with van der Waals surface area (Å²) >= 11 is 0. The van der Waals surface area contributed by atoms with Gasteiger partial charge in [-0.3, -0.25) is 9.59 Å². The van der Waals surface area contributed by atoms with Crippen LogP contribution in [0, 0.1) is 0 Å². The summed E-state index contributed by atoms with van der Waals surface area (Å²) in [4.78, 5) is 34.8. The van der Waals surface area contributed by atoms with E-state index < -0.39 is 18.2 Å². The second kappa shape index (κ2) is 11.3. The lowest BCUT2D eigenvalue weighted by atomic mass is 9.98. The lowest BCUT2D eigenvalue weighted by molar-refractivity contribution is -0.137. The fourth-order valence-corrected chi connectivity index (χ4v) is 3.88. The van der Waals surface area contributed by atoms with Gasteiger partial charge in [0.25, 0.3) is 0 Å². The molecule has 0 spiro atoms. The first kappa shape index (κ1) is 23.3. The Morgan fingerprint density at radius 2 is 1.59 bits per heavy atom. The highest BCUT2D eigenvalue weighted by atomic mass is 16.5. The van der Waals surface area contributed by atoms with Crippen molar-refractivity contribution in [1.82, 2.24) is 10.6 Å². The molecule has 2 aromatic carbocycles. The van der Waals surface area contributed by atoms with Crippen LogP contribution < -0.4 is 10.6 Å². The number of carbonyl (C=O) groups excluding carboxylic acids is 2. The number of nitrogens with one attached hydrogen (secondary N) is 2. The zero-order chi connectivity index (χ0) is 22.9. The highest BCUT2D eigenvalue weighted by Crippen LogP contribution is 2.44. The normalized spacial score (nSPS) is 13.0. The van der Waals surface area contributed by atoms with E-state index in [1.54, 1.807) is 0 Å². The van der Waals surface area contributed by atoms with Gasteiger partial charge in [0, 0.05) is 39.0 Å². The molecule has 32 heavy (non-hydrogen) atoms. The molecule has 2 amide bonds. The average molecular weight is 440 g/mol. The molecule has 0 aliphatic heterocycles. The summed E-state index contributed by atoms with van der Waals surface area (Å²) in [5.74, 6) is -1.27. The summed E-state index contributed by atoms with van der Waals surface area (Å²) in [7, 11) is 1.41. The molecule has 2 aromatic rings. The number of rotatable bonds is 11. The molecule has 0 radical (unpaired) electrons. The number of carbonyl (C=O) groups is 3. The van der Waals surface area contributed by atoms with E-state index >= 15 is 0 Å². The molecule has 0 saturated heterocycles. The van der Waals surface area contributed by atoms with Crippen LogP contribution in [0.2, 0.25) is 0 Å². The summed E-state index contributed by atoms with van der Waals surface area (Å²) in [6, 6.07) is 16.2. The Morgan fingerprint density at radius 3 is 2.19 bits per heavy atom. The molecule has 0 aromatic heterocycles. The summed E-state index contributed by atoms with van der Waals surface area (Å²) in [6.07, 6.45) is -0.695. The van der Waals surface area contributed by atoms with Crippen LogP contribution in [0.4, 0.5) is 4.79 Å². The van der Waals surface area contributed by atoms with Crippen LogP contribution in [0.15, 0.2) is 48.5 Å². The lowest BCUT2D eigenvalue weighted by Crippen LogP contribution is -2.39. The maximum atomic E-state index is 12.2. The van der Waals surface area contributed by atoms with Gasteiger partial charge in [0.1, 0.15) is 12.7 Å². The highest BCUT2D eigenvalue weighted by Gasteiger charge is 2.29. The Hall–Kier alpha value is -3.39. The van der Waals surface area contributed by atoms with Gasteiger partial charge in [-0.25, -0.2) is 4.79 Å². The average Bonchev–Trinajstić information content (AvgIpc) is 3.11. The van der Waals surface area contributed by atoms with Crippen LogP contribution >= 0.6 is 0 Å². The molecule has 3 N–H and O–H groups in total. The highest BCUT2D eigenvalue weighted by molar-refractivity contribution is 5.81. The molecule has 3 rings (SSSR count). The third-order valence-corrected chi connectivity index (χ3v) is 5.46. The smallest absolute Gasteiger partial charge is 0.407 e. The molecule has 1 aliphatic carbocycles. The summed E-state index contributed by atoms with van der Waals surface area (Å²) in [6.45, 7) is 0.681. The van der Waals surface area contributed by atoms with E-state index in [9.17, 15) is 14.4 Å². The van der Waals surface area contributed by atoms with E-state index in [0.29, 0.717) is 6.42 Å². The van der Waals surface area contributed by atoms with Crippen LogP contribution in [0.25, 0.3) is 11.1 Å². The summed E-state index contributed by atoms with van der Waals surface area (Å²) < 4.78 is 10.6. The third kappa shape index (κ3) is 5.85. The lowest BCUT2D eigenvalue weighted by Gasteiger charge is -2.17. The Morgan fingerprint density at radius 1 is 0.969 bits per heavy atom. The minimum Gasteiger partial charge on any atom is -0.481 e. The van der Waals surface area contributed by atoms with Crippen molar-refractivity contribution in [3.63, 3.8) is 0 Å². The van der Waals surface area contributed by atoms with E-state index in [-0.39, 0.29) is 44.4 Å². The molecular weight excluding hydrogens is 412 g/mol. The first-order valence-corrected chi connectivity index (χ1v) is 10.6. The molecule has 1 unspecified atom stereocenters. The molecule has 0 fully saturated rings. The zero-order valence-corrected chi connectivity index (χ0v) is 18.0. The first-order chi connectivity index (χ1) is 15.5. The van der Waals surface area contributed by atoms with Crippen LogP contribution in [-0.2, 0) is 19.1 Å². The van der Waals surface area contributed by atoms with Gasteiger partial charge in [0.15, 0.2) is 0 Å². The minimum absolute atomic E-state index is 0.0126. The quantitative estimate of drug-likeness (QED) is 0.463. The van der Waals surface area contributed by atoms with Crippen molar-refractivity contribution in [2.75, 3.05) is 26.8 Å². The number of aliphatic carboxylic acids is 1. The maximum absolute atomic E-state index is 12.2. The molecule has 170 valence electrons. The van der Waals surface area contributed by atoms with Gasteiger partial charge < -0.3 is 25.2 Å². The zero-order valence-electron chi connectivity index (χ0n) is 18.0. The second-order valence-electron chi connectivity index (χ2n) is 7.55. The molecule has 0 saturated carbocycles. The van der Waals surface area contributed by atoms with Gasteiger partial charge in [-0.15, -0.1) is 0 Å². The number of carboxylic acid groups (broad SMARTS) is 1. The van der Waals surface area contributed by atoms with Crippen molar-refractivity contribution in [2.24, 2.45) is 0 Å². The van der Waals surface area contributed by atoms with Crippen LogP contribution in [0.3, 0.4) is 0 Å². The number of alkyl carbamates (subject to hydrolysis) is 1. The maximum Gasteiger partial charge on any atom is 0.407 e. The predicted molar refractivity (Wildman–Crippen MR) is 118 cm³/mol. The molecule has 8 nitrogen and oxygen atoms in total. The van der Waals surface area contributed by atoms with Gasteiger partial charge >= 0.3 is 12.1 Å². The first-order valence-electron chi connectivity index (χ1n) is 10.6. The van der Waals surface area contributed by atoms with Crippen molar-refractivity contribution in [2.45, 2.75) is 31.3 Å². The van der Waals surface area contributed by atoms with Crippen molar-refractivity contribution in [1.29, 1.82) is 0 Å². The summed E-state index contributed by atoms with van der Waals surface area (Å²) in [5, 5.41) is 13.9. The van der Waals surface area contributed by atoms with E-state index in [1.165, 1.54) is 7.11 Å². The number of hydrogen-bond acceptors (Lipinski definition) is 5. The molecule has 1 aliphatic rings. The Kier molecular flexibility index (Phi) is 8.21. The molecule has 0 heterocycles. The number of ether oxygens (including phenoxy) is 2. The Balaban J connectivity index is 1.43. The predicted octanol–water partition coefficient (Wildman–Crippen LogP) is 2.91. The van der Waals surface area contributed by atoms with E-state index in [4.69, 9.17) is 14.6 Å². The van der Waals surface area contributed by atoms with Gasteiger partial charge in [-0.2, -0.15) is 0 Å². The van der Waals surface area contributed by atoms with Crippen LogP contribution in [0.1, 0.15) is 36.3 Å². The van der Waals surface area contributed by atoms with Crippen LogP contribution in [-0.4, -0.2) is 56.0 Å². The van der Waals surface area contributed by atoms with Crippen molar-refractivity contribution in [3.8, 4) is 11.1 Å². The van der Waals surface area contributed by atoms with Crippen LogP contribution in [0.5, 0.6) is 0 Å². The fraction of sp³-hybridized carbons (Fsp3) is 0.375. The number of methoxy groups -OCH3 is 1. The van der Waals surface area contributed by atoms with Gasteiger partial charge in [0.05, 0.1) is 0 Å². The number of carboxylic acids is 1. The Labute approximate surface area is 186 Å². The van der Waals surface area contributed by atoms with E-state index in [0.717, 1.165) is 22.3 Å². The molecular formula is C24H28N2O6. The van der Waals surface area contributed by atoms with Gasteiger partial charge in [-0.05, 0) is 28.7 Å². The fourth-order valence-electron chi connectivity index (χ4n) is 3.88. The monoisotopic (exact) mass is 440 g/mol. The number of benzene rings is 2. The topological polar surface area (TPSA) is 114 Å². The number of amides is 2. The number of hydrogen-bond donors (Lipinski definition) is 3. The third-order valence-electron chi connectivity index (χ3n) is 5.46. The molecule has 8 heteroatoms. The largest absolute Gasteiger partial charge is 0.481 e. The minimum atomic E-state index is -0.908. The summed E-state index contributed by atoms with van der Waals surface area (Å²) in [5.41, 5.74) is 4.60. The Bertz CT molecular complexity index is 916. The van der Waals surface area contributed by atoms with Gasteiger partial charge in [0.2, 0.25) is 5.91 Å². The van der Waals surface area contributed by atoms with Crippen molar-refractivity contribution in [3.05, 3.63) is 59.7 Å².